The van der Waals surface area contributed by atoms with Gasteiger partial charge in [-0.15, -0.1) is 0 Å². The van der Waals surface area contributed by atoms with Gasteiger partial charge in [0.2, 0.25) is 0 Å². The van der Waals surface area contributed by atoms with E-state index in [1.165, 1.54) is 75.2 Å². The molecule has 0 fully saturated rings. The first-order chi connectivity index (χ1) is 19.2. The molecule has 0 bridgehead atoms. The van der Waals surface area contributed by atoms with Gasteiger partial charge in [-0.1, -0.05) is 81.2 Å². The van der Waals surface area contributed by atoms with Crippen molar-refractivity contribution in [3.05, 3.63) is 114 Å². The summed E-state index contributed by atoms with van der Waals surface area (Å²) in [6, 6.07) is 37.0. The molecule has 1 nitrogen and oxygen atoms in total. The van der Waals surface area contributed by atoms with E-state index >= 15 is 0 Å². The smallest absolute Gasteiger partial charge is 0.119 e. The maximum Gasteiger partial charge on any atom is 0.119 e. The summed E-state index contributed by atoms with van der Waals surface area (Å²) in [4.78, 5) is 0. The first-order valence-electron chi connectivity index (χ1n) is 14.3. The first-order valence-corrected chi connectivity index (χ1v) is 14.3. The van der Waals surface area contributed by atoms with Gasteiger partial charge in [-0.05, 0) is 122 Å². The fourth-order valence-electron chi connectivity index (χ4n) is 5.37. The Morgan fingerprint density at radius 2 is 0.949 bits per heavy atom. The van der Waals surface area contributed by atoms with Crippen molar-refractivity contribution in [3.8, 4) is 17.6 Å². The van der Waals surface area contributed by atoms with Crippen LogP contribution in [0.1, 0.15) is 56.6 Å². The van der Waals surface area contributed by atoms with Crippen molar-refractivity contribution in [1.82, 2.24) is 0 Å². The fourth-order valence-corrected chi connectivity index (χ4v) is 5.37. The number of fused-ring (bicyclic) bond motifs is 4. The van der Waals surface area contributed by atoms with Crippen LogP contribution in [0, 0.1) is 11.8 Å². The number of hydrogen-bond donors (Lipinski definition) is 0. The minimum atomic E-state index is 0.787. The van der Waals surface area contributed by atoms with Crippen LogP contribution >= 0.6 is 0 Å². The van der Waals surface area contributed by atoms with Gasteiger partial charge in [0.15, 0.2) is 0 Å². The lowest BCUT2D eigenvalue weighted by Crippen LogP contribution is -1.97. The van der Waals surface area contributed by atoms with E-state index in [0.29, 0.717) is 0 Å². The Labute approximate surface area is 231 Å². The van der Waals surface area contributed by atoms with Crippen LogP contribution in [0.15, 0.2) is 103 Å². The molecule has 39 heavy (non-hydrogen) atoms. The second-order valence-corrected chi connectivity index (χ2v) is 10.6. The van der Waals surface area contributed by atoms with E-state index in [-0.39, 0.29) is 0 Å². The summed E-state index contributed by atoms with van der Waals surface area (Å²) >= 11 is 0. The van der Waals surface area contributed by atoms with Crippen LogP contribution in [0.2, 0.25) is 0 Å². The quantitative estimate of drug-likeness (QED) is 0.113. The molecule has 0 heterocycles. The second kappa shape index (κ2) is 11.6. The Morgan fingerprint density at radius 3 is 1.59 bits per heavy atom. The molecule has 0 N–H and O–H groups in total. The summed E-state index contributed by atoms with van der Waals surface area (Å²) in [5, 5.41) is 10.1. The Bertz CT molecular complexity index is 1820. The predicted molar refractivity (Wildman–Crippen MR) is 168 cm³/mol. The maximum absolute atomic E-state index is 5.91. The Kier molecular flexibility index (Phi) is 7.46. The van der Waals surface area contributed by atoms with Crippen molar-refractivity contribution in [2.45, 2.75) is 45.4 Å². The summed E-state index contributed by atoms with van der Waals surface area (Å²) in [5.74, 6) is 7.60. The first kappa shape index (κ1) is 25.0. The van der Waals surface area contributed by atoms with Gasteiger partial charge in [-0.25, -0.2) is 0 Å². The van der Waals surface area contributed by atoms with Gasteiger partial charge in [0.1, 0.15) is 5.75 Å². The van der Waals surface area contributed by atoms with E-state index in [0.717, 1.165) is 29.9 Å². The summed E-state index contributed by atoms with van der Waals surface area (Å²) in [5.41, 5.74) is 2.02. The standard InChI is InChI=1S/C38H34O/c1-2-3-4-5-6-9-20-39-38-18-15-28(16-19-38)12-13-29-14-17-32-24-36-26-34-22-30-10-7-8-11-31(30)23-35(34)27-37(36)25-33(32)21-29/h7-8,10-11,14-19,21-27H,2-6,9,20H2,1H3. The van der Waals surface area contributed by atoms with Crippen LogP contribution in [0.5, 0.6) is 5.75 Å². The summed E-state index contributed by atoms with van der Waals surface area (Å²) in [7, 11) is 0. The van der Waals surface area contributed by atoms with Crippen molar-refractivity contribution < 1.29 is 4.74 Å². The van der Waals surface area contributed by atoms with Gasteiger partial charge in [0.05, 0.1) is 6.61 Å². The molecule has 0 aliphatic heterocycles. The molecule has 0 amide bonds. The monoisotopic (exact) mass is 506 g/mol. The average molecular weight is 507 g/mol. The van der Waals surface area contributed by atoms with Crippen LogP contribution in [0.4, 0.5) is 0 Å². The van der Waals surface area contributed by atoms with Crippen LogP contribution in [-0.2, 0) is 0 Å². The molecule has 6 aromatic carbocycles. The van der Waals surface area contributed by atoms with E-state index in [4.69, 9.17) is 4.74 Å². The number of unbranched alkanes of at least 4 members (excludes halogenated alkanes) is 5. The third kappa shape index (κ3) is 5.92. The zero-order chi connectivity index (χ0) is 26.4. The second-order valence-electron chi connectivity index (χ2n) is 10.6. The summed E-state index contributed by atoms with van der Waals surface area (Å²) < 4.78 is 5.91. The summed E-state index contributed by atoms with van der Waals surface area (Å²) in [6.45, 7) is 3.04. The molecule has 0 aromatic heterocycles. The molecule has 0 aliphatic carbocycles. The van der Waals surface area contributed by atoms with Gasteiger partial charge in [-0.3, -0.25) is 0 Å². The van der Waals surface area contributed by atoms with Crippen molar-refractivity contribution in [2.75, 3.05) is 6.61 Å². The van der Waals surface area contributed by atoms with Crippen molar-refractivity contribution >= 4 is 43.1 Å². The molecular formula is C38H34O. The molecule has 0 radical (unpaired) electrons. The summed E-state index contributed by atoms with van der Waals surface area (Å²) in [6.07, 6.45) is 7.65. The molecule has 0 saturated carbocycles. The van der Waals surface area contributed by atoms with E-state index < -0.39 is 0 Å². The van der Waals surface area contributed by atoms with E-state index in [1.54, 1.807) is 0 Å². The molecule has 0 aliphatic rings. The lowest BCUT2D eigenvalue weighted by atomic mass is 9.97. The highest BCUT2D eigenvalue weighted by Gasteiger charge is 2.04. The third-order valence-electron chi connectivity index (χ3n) is 7.59. The molecule has 6 aromatic rings. The van der Waals surface area contributed by atoms with Crippen LogP contribution in [0.3, 0.4) is 0 Å². The number of hydrogen-bond acceptors (Lipinski definition) is 1. The Hall–Kier alpha value is -4.28. The Morgan fingerprint density at radius 1 is 0.462 bits per heavy atom. The molecule has 0 saturated heterocycles. The van der Waals surface area contributed by atoms with Gasteiger partial charge in [-0.2, -0.15) is 0 Å². The molecule has 0 unspecified atom stereocenters. The van der Waals surface area contributed by atoms with Crippen molar-refractivity contribution in [3.63, 3.8) is 0 Å². The molecule has 6 rings (SSSR count). The number of ether oxygens (including phenoxy) is 1. The van der Waals surface area contributed by atoms with E-state index in [2.05, 4.69) is 97.6 Å². The minimum absolute atomic E-state index is 0.787. The molecule has 0 spiro atoms. The lowest BCUT2D eigenvalue weighted by molar-refractivity contribution is 0.304. The Balaban J connectivity index is 1.17. The molecular weight excluding hydrogens is 472 g/mol. The normalized spacial score (nSPS) is 11.2. The largest absolute Gasteiger partial charge is 0.494 e. The van der Waals surface area contributed by atoms with Crippen molar-refractivity contribution in [2.24, 2.45) is 0 Å². The SMILES string of the molecule is CCCCCCCCOc1ccc(C#Cc2ccc3cc4cc5cc6ccccc6cc5cc4cc3c2)cc1. The van der Waals surface area contributed by atoms with Gasteiger partial charge in [0, 0.05) is 11.1 Å². The zero-order valence-corrected chi connectivity index (χ0v) is 22.7. The average Bonchev–Trinajstić information content (AvgIpc) is 2.97. The van der Waals surface area contributed by atoms with Gasteiger partial charge >= 0.3 is 0 Å². The molecule has 0 atom stereocenters. The maximum atomic E-state index is 5.91. The van der Waals surface area contributed by atoms with E-state index in [1.807, 2.05) is 24.3 Å². The molecule has 1 heteroatoms. The number of rotatable bonds is 8. The highest BCUT2D eigenvalue weighted by Crippen LogP contribution is 2.30. The van der Waals surface area contributed by atoms with Crippen LogP contribution in [0.25, 0.3) is 43.1 Å². The molecule has 192 valence electrons. The topological polar surface area (TPSA) is 9.23 Å². The highest BCUT2D eigenvalue weighted by atomic mass is 16.5. The van der Waals surface area contributed by atoms with E-state index in [9.17, 15) is 0 Å². The lowest BCUT2D eigenvalue weighted by Gasteiger charge is -2.07. The zero-order valence-electron chi connectivity index (χ0n) is 22.7. The highest BCUT2D eigenvalue weighted by molar-refractivity contribution is 6.08. The number of benzene rings is 6. The third-order valence-corrected chi connectivity index (χ3v) is 7.59. The fraction of sp³-hybridized carbons (Fsp3) is 0.211. The predicted octanol–water partition coefficient (Wildman–Crippen LogP) is 10.4. The minimum Gasteiger partial charge on any atom is -0.494 e. The van der Waals surface area contributed by atoms with Gasteiger partial charge < -0.3 is 4.74 Å². The van der Waals surface area contributed by atoms with Gasteiger partial charge in [0.25, 0.3) is 0 Å². The van der Waals surface area contributed by atoms with Crippen LogP contribution in [-0.4, -0.2) is 6.61 Å². The van der Waals surface area contributed by atoms with Crippen molar-refractivity contribution in [1.29, 1.82) is 0 Å². The van der Waals surface area contributed by atoms with Crippen LogP contribution < -0.4 is 4.74 Å².